The Kier molecular flexibility index (Phi) is 3.93. The lowest BCUT2D eigenvalue weighted by Gasteiger charge is -2.30. The molecular weight excluding hydrogens is 307 g/mol. The number of nitrogens with one attached hydrogen (secondary N) is 1. The second kappa shape index (κ2) is 5.65. The molecular formula is C15H20F3N5. The molecule has 0 aliphatic heterocycles. The van der Waals surface area contributed by atoms with E-state index in [4.69, 9.17) is 0 Å². The van der Waals surface area contributed by atoms with Crippen LogP contribution in [0.1, 0.15) is 49.6 Å². The Balaban J connectivity index is 2.04. The summed E-state index contributed by atoms with van der Waals surface area (Å²) in [6, 6.07) is 0.234. The maximum absolute atomic E-state index is 13.1. The minimum atomic E-state index is -4.58. The fraction of sp³-hybridized carbons (Fsp3) is 0.667. The molecule has 2 atom stereocenters. The predicted molar refractivity (Wildman–Crippen MR) is 80.3 cm³/mol. The SMILES string of the molecule is Cc1c(NC2CCCCC2C)nn2c(C(F)(F)F)nnc2c1C. The first-order chi connectivity index (χ1) is 10.8. The average molecular weight is 327 g/mol. The maximum Gasteiger partial charge on any atom is 0.453 e. The van der Waals surface area contributed by atoms with Crippen LogP contribution < -0.4 is 5.32 Å². The van der Waals surface area contributed by atoms with E-state index in [1.807, 2.05) is 6.92 Å². The maximum atomic E-state index is 13.1. The molecule has 3 rings (SSSR count). The summed E-state index contributed by atoms with van der Waals surface area (Å²) in [6.07, 6.45) is -0.119. The average Bonchev–Trinajstić information content (AvgIpc) is 2.90. The zero-order valence-electron chi connectivity index (χ0n) is 13.4. The summed E-state index contributed by atoms with van der Waals surface area (Å²) in [5.41, 5.74) is 1.63. The normalized spacial score (nSPS) is 22.5. The predicted octanol–water partition coefficient (Wildman–Crippen LogP) is 3.75. The molecule has 1 aliphatic rings. The molecule has 2 aromatic rings. The quantitative estimate of drug-likeness (QED) is 0.913. The molecule has 1 aliphatic carbocycles. The lowest BCUT2D eigenvalue weighted by atomic mass is 9.86. The Bertz CT molecular complexity index is 722. The number of rotatable bonds is 2. The van der Waals surface area contributed by atoms with Crippen molar-refractivity contribution in [3.8, 4) is 0 Å². The second-order valence-electron chi connectivity index (χ2n) is 6.37. The van der Waals surface area contributed by atoms with Gasteiger partial charge in [-0.2, -0.15) is 17.7 Å². The first-order valence-electron chi connectivity index (χ1n) is 7.85. The van der Waals surface area contributed by atoms with Crippen LogP contribution in [0.15, 0.2) is 0 Å². The molecule has 0 saturated heterocycles. The van der Waals surface area contributed by atoms with E-state index in [0.29, 0.717) is 17.3 Å². The highest BCUT2D eigenvalue weighted by atomic mass is 19.4. The van der Waals surface area contributed by atoms with Crippen LogP contribution in [-0.4, -0.2) is 25.9 Å². The van der Waals surface area contributed by atoms with Crippen LogP contribution in [0.5, 0.6) is 0 Å². The monoisotopic (exact) mass is 327 g/mol. The summed E-state index contributed by atoms with van der Waals surface area (Å²) in [7, 11) is 0. The number of aromatic nitrogens is 4. The van der Waals surface area contributed by atoms with Crippen molar-refractivity contribution in [1.29, 1.82) is 0 Å². The van der Waals surface area contributed by atoms with Crippen LogP contribution in [0, 0.1) is 19.8 Å². The van der Waals surface area contributed by atoms with Crippen molar-refractivity contribution in [3.63, 3.8) is 0 Å². The van der Waals surface area contributed by atoms with Crippen molar-refractivity contribution in [2.45, 2.75) is 58.7 Å². The van der Waals surface area contributed by atoms with Crippen LogP contribution in [0.4, 0.5) is 19.0 Å². The number of fused-ring (bicyclic) bond motifs is 1. The van der Waals surface area contributed by atoms with Gasteiger partial charge in [0.2, 0.25) is 0 Å². The standard InChI is InChI=1S/C15H20F3N5/c1-8-6-4-5-7-11(8)19-12-9(2)10(3)13-20-21-14(15(16,17)18)23(13)22-12/h8,11H,4-7H2,1-3H3,(H,19,22). The fourth-order valence-electron chi connectivity index (χ4n) is 3.15. The summed E-state index contributed by atoms with van der Waals surface area (Å²) in [5.74, 6) is -0.127. The molecule has 2 unspecified atom stereocenters. The fourth-order valence-corrected chi connectivity index (χ4v) is 3.15. The van der Waals surface area contributed by atoms with E-state index < -0.39 is 12.0 Å². The van der Waals surface area contributed by atoms with Gasteiger partial charge in [0, 0.05) is 11.6 Å². The van der Waals surface area contributed by atoms with Gasteiger partial charge in [0.05, 0.1) is 0 Å². The molecule has 0 bridgehead atoms. The van der Waals surface area contributed by atoms with E-state index in [-0.39, 0.29) is 11.7 Å². The Morgan fingerprint density at radius 2 is 1.78 bits per heavy atom. The van der Waals surface area contributed by atoms with Crippen LogP contribution in [0.3, 0.4) is 0 Å². The molecule has 23 heavy (non-hydrogen) atoms. The smallest absolute Gasteiger partial charge is 0.365 e. The lowest BCUT2D eigenvalue weighted by molar-refractivity contribution is -0.146. The molecule has 126 valence electrons. The number of aryl methyl sites for hydroxylation is 1. The third kappa shape index (κ3) is 2.86. The van der Waals surface area contributed by atoms with Gasteiger partial charge in [0.25, 0.3) is 5.82 Å². The largest absolute Gasteiger partial charge is 0.453 e. The second-order valence-corrected chi connectivity index (χ2v) is 6.37. The van der Waals surface area contributed by atoms with Crippen LogP contribution >= 0.6 is 0 Å². The van der Waals surface area contributed by atoms with Crippen molar-refractivity contribution >= 4 is 11.5 Å². The van der Waals surface area contributed by atoms with Crippen molar-refractivity contribution < 1.29 is 13.2 Å². The topological polar surface area (TPSA) is 55.1 Å². The number of hydrogen-bond acceptors (Lipinski definition) is 4. The van der Waals surface area contributed by atoms with E-state index in [2.05, 4.69) is 27.5 Å². The Hall–Kier alpha value is -1.86. The number of alkyl halides is 3. The van der Waals surface area contributed by atoms with E-state index in [0.717, 1.165) is 29.3 Å². The summed E-state index contributed by atoms with van der Waals surface area (Å²) in [5, 5.41) is 14.4. The molecule has 5 nitrogen and oxygen atoms in total. The van der Waals surface area contributed by atoms with Gasteiger partial charge in [-0.05, 0) is 38.2 Å². The number of nitrogens with zero attached hydrogens (tertiary/aromatic N) is 4. The van der Waals surface area contributed by atoms with Crippen molar-refractivity contribution in [2.24, 2.45) is 5.92 Å². The summed E-state index contributed by atoms with van der Waals surface area (Å²) >= 11 is 0. The first kappa shape index (κ1) is 16.0. The molecule has 1 saturated carbocycles. The number of anilines is 1. The van der Waals surface area contributed by atoms with E-state index in [1.54, 1.807) is 6.92 Å². The highest BCUT2D eigenvalue weighted by molar-refractivity contribution is 5.58. The molecule has 2 heterocycles. The Morgan fingerprint density at radius 1 is 1.09 bits per heavy atom. The van der Waals surface area contributed by atoms with Gasteiger partial charge < -0.3 is 5.32 Å². The van der Waals surface area contributed by atoms with Gasteiger partial charge in [-0.1, -0.05) is 19.8 Å². The van der Waals surface area contributed by atoms with Gasteiger partial charge in [-0.15, -0.1) is 15.3 Å². The first-order valence-corrected chi connectivity index (χ1v) is 7.85. The highest BCUT2D eigenvalue weighted by Crippen LogP contribution is 2.31. The van der Waals surface area contributed by atoms with Crippen LogP contribution in [0.25, 0.3) is 5.65 Å². The zero-order valence-corrected chi connectivity index (χ0v) is 13.4. The molecule has 1 N–H and O–H groups in total. The van der Waals surface area contributed by atoms with Crippen molar-refractivity contribution in [2.75, 3.05) is 5.32 Å². The summed E-state index contributed by atoms with van der Waals surface area (Å²) in [6.45, 7) is 5.76. The third-order valence-corrected chi connectivity index (χ3v) is 4.78. The van der Waals surface area contributed by atoms with Gasteiger partial charge in [0.1, 0.15) is 0 Å². The third-order valence-electron chi connectivity index (χ3n) is 4.78. The zero-order chi connectivity index (χ0) is 16.8. The van der Waals surface area contributed by atoms with Crippen LogP contribution in [-0.2, 0) is 6.18 Å². The number of halogens is 3. The van der Waals surface area contributed by atoms with Crippen molar-refractivity contribution in [3.05, 3.63) is 17.0 Å². The van der Waals surface area contributed by atoms with Crippen molar-refractivity contribution in [1.82, 2.24) is 19.8 Å². The molecule has 0 spiro atoms. The molecule has 1 fully saturated rings. The molecule has 0 radical (unpaired) electrons. The van der Waals surface area contributed by atoms with Gasteiger partial charge in [0.15, 0.2) is 11.5 Å². The minimum Gasteiger partial charge on any atom is -0.365 e. The number of hydrogen-bond donors (Lipinski definition) is 1. The Labute approximate surface area is 132 Å². The minimum absolute atomic E-state index is 0.150. The molecule has 0 aromatic carbocycles. The molecule has 0 amide bonds. The lowest BCUT2D eigenvalue weighted by Crippen LogP contribution is -2.31. The summed E-state index contributed by atoms with van der Waals surface area (Å²) in [4.78, 5) is 0. The van der Waals surface area contributed by atoms with E-state index >= 15 is 0 Å². The van der Waals surface area contributed by atoms with E-state index in [1.165, 1.54) is 6.42 Å². The van der Waals surface area contributed by atoms with Gasteiger partial charge in [-0.25, -0.2) is 0 Å². The molecule has 2 aromatic heterocycles. The highest BCUT2D eigenvalue weighted by Gasteiger charge is 2.38. The van der Waals surface area contributed by atoms with E-state index in [9.17, 15) is 13.2 Å². The molecule has 8 heteroatoms. The van der Waals surface area contributed by atoms with Crippen LogP contribution in [0.2, 0.25) is 0 Å². The van der Waals surface area contributed by atoms with Gasteiger partial charge in [-0.3, -0.25) is 0 Å². The summed E-state index contributed by atoms with van der Waals surface area (Å²) < 4.78 is 40.0. The van der Waals surface area contributed by atoms with Gasteiger partial charge >= 0.3 is 6.18 Å². The Morgan fingerprint density at radius 3 is 2.43 bits per heavy atom.